The van der Waals surface area contributed by atoms with Gasteiger partial charge in [0.05, 0.1) is 17.7 Å². The maximum atomic E-state index is 12.5. The predicted molar refractivity (Wildman–Crippen MR) is 104 cm³/mol. The minimum atomic E-state index is -3.75. The minimum absolute atomic E-state index is 0.0263. The molecular weight excluding hydrogens is 368 g/mol. The average Bonchev–Trinajstić information content (AvgIpc) is 2.57. The first-order chi connectivity index (χ1) is 12.7. The number of hydrogen-bond donors (Lipinski definition) is 2. The lowest BCUT2D eigenvalue weighted by atomic mass is 10.1. The SMILES string of the molecule is COc1ccc(S(=O)(=O)NCCOc2cc(C)cc(C)c2)cc1NC(C)=O. The first-order valence-electron chi connectivity index (χ1n) is 8.37. The van der Waals surface area contributed by atoms with E-state index < -0.39 is 10.0 Å². The Bertz CT molecular complexity index is 905. The summed E-state index contributed by atoms with van der Waals surface area (Å²) in [6.45, 7) is 5.58. The van der Waals surface area contributed by atoms with Gasteiger partial charge in [-0.15, -0.1) is 0 Å². The van der Waals surface area contributed by atoms with Crippen molar-refractivity contribution in [2.75, 3.05) is 25.6 Å². The molecule has 2 N–H and O–H groups in total. The molecule has 0 aliphatic heterocycles. The lowest BCUT2D eigenvalue weighted by Crippen LogP contribution is -2.28. The Hall–Kier alpha value is -2.58. The van der Waals surface area contributed by atoms with E-state index in [0.717, 1.165) is 11.1 Å². The standard InChI is InChI=1S/C19H24N2O5S/c1-13-9-14(2)11-16(10-13)26-8-7-20-27(23,24)17-5-6-19(25-4)18(12-17)21-15(3)22/h5-6,9-12,20H,7-8H2,1-4H3,(H,21,22). The Morgan fingerprint density at radius 2 is 1.74 bits per heavy atom. The number of methoxy groups -OCH3 is 1. The Balaban J connectivity index is 2.02. The zero-order valence-electron chi connectivity index (χ0n) is 15.8. The van der Waals surface area contributed by atoms with E-state index in [1.165, 1.54) is 32.2 Å². The fourth-order valence-electron chi connectivity index (χ4n) is 2.59. The van der Waals surface area contributed by atoms with Gasteiger partial charge in [0.15, 0.2) is 0 Å². The number of ether oxygens (including phenoxy) is 2. The Morgan fingerprint density at radius 1 is 1.07 bits per heavy atom. The second-order valence-electron chi connectivity index (χ2n) is 6.11. The highest BCUT2D eigenvalue weighted by molar-refractivity contribution is 7.89. The third kappa shape index (κ3) is 5.97. The number of carbonyl (C=O) groups is 1. The van der Waals surface area contributed by atoms with Crippen molar-refractivity contribution in [3.8, 4) is 11.5 Å². The molecule has 27 heavy (non-hydrogen) atoms. The number of hydrogen-bond acceptors (Lipinski definition) is 5. The molecule has 8 heteroatoms. The number of benzene rings is 2. The number of carbonyl (C=O) groups excluding carboxylic acids is 1. The summed E-state index contributed by atoms with van der Waals surface area (Å²) >= 11 is 0. The molecule has 0 bridgehead atoms. The summed E-state index contributed by atoms with van der Waals surface area (Å²) in [5, 5.41) is 2.56. The molecule has 0 aliphatic rings. The maximum Gasteiger partial charge on any atom is 0.240 e. The highest BCUT2D eigenvalue weighted by Gasteiger charge is 2.16. The summed E-state index contributed by atoms with van der Waals surface area (Å²) < 4.78 is 38.2. The van der Waals surface area contributed by atoms with Gasteiger partial charge in [-0.25, -0.2) is 13.1 Å². The van der Waals surface area contributed by atoms with Gasteiger partial charge in [0.25, 0.3) is 0 Å². The quantitative estimate of drug-likeness (QED) is 0.674. The number of amides is 1. The van der Waals surface area contributed by atoms with Crippen LogP contribution in [0.1, 0.15) is 18.1 Å². The number of nitrogens with one attached hydrogen (secondary N) is 2. The van der Waals surface area contributed by atoms with E-state index in [4.69, 9.17) is 9.47 Å². The fourth-order valence-corrected chi connectivity index (χ4v) is 3.62. The Labute approximate surface area is 159 Å². The molecule has 0 aliphatic carbocycles. The van der Waals surface area contributed by atoms with Crippen LogP contribution in [-0.4, -0.2) is 34.6 Å². The van der Waals surface area contributed by atoms with E-state index in [2.05, 4.69) is 10.0 Å². The summed E-state index contributed by atoms with van der Waals surface area (Å²) in [7, 11) is -2.31. The molecular formula is C19H24N2O5S. The van der Waals surface area contributed by atoms with E-state index in [-0.39, 0.29) is 24.0 Å². The zero-order chi connectivity index (χ0) is 20.0. The first-order valence-corrected chi connectivity index (χ1v) is 9.86. The molecule has 0 saturated carbocycles. The third-order valence-corrected chi connectivity index (χ3v) is 5.11. The summed E-state index contributed by atoms with van der Waals surface area (Å²) in [6, 6.07) is 10.1. The molecule has 2 aromatic rings. The summed E-state index contributed by atoms with van der Waals surface area (Å²) in [5.41, 5.74) is 2.45. The van der Waals surface area contributed by atoms with E-state index >= 15 is 0 Å². The van der Waals surface area contributed by atoms with E-state index in [1.807, 2.05) is 32.0 Å². The van der Waals surface area contributed by atoms with Gasteiger partial charge in [-0.05, 0) is 55.3 Å². The second-order valence-corrected chi connectivity index (χ2v) is 7.88. The van der Waals surface area contributed by atoms with Crippen LogP contribution in [-0.2, 0) is 14.8 Å². The van der Waals surface area contributed by atoms with Gasteiger partial charge in [0.2, 0.25) is 15.9 Å². The van der Waals surface area contributed by atoms with Gasteiger partial charge in [-0.2, -0.15) is 0 Å². The molecule has 2 rings (SSSR count). The average molecular weight is 392 g/mol. The lowest BCUT2D eigenvalue weighted by Gasteiger charge is -2.13. The molecule has 0 heterocycles. The number of sulfonamides is 1. The second kappa shape index (κ2) is 8.88. The van der Waals surface area contributed by atoms with Crippen LogP contribution in [0.5, 0.6) is 11.5 Å². The van der Waals surface area contributed by atoms with Gasteiger partial charge in [0.1, 0.15) is 18.1 Å². The largest absolute Gasteiger partial charge is 0.495 e. The maximum absolute atomic E-state index is 12.5. The van der Waals surface area contributed by atoms with Crippen molar-refractivity contribution >= 4 is 21.6 Å². The van der Waals surface area contributed by atoms with Crippen molar-refractivity contribution in [3.05, 3.63) is 47.5 Å². The van der Waals surface area contributed by atoms with Crippen LogP contribution in [0.4, 0.5) is 5.69 Å². The third-order valence-electron chi connectivity index (χ3n) is 3.65. The van der Waals surface area contributed by atoms with Gasteiger partial charge in [0, 0.05) is 13.5 Å². The fraction of sp³-hybridized carbons (Fsp3) is 0.316. The number of anilines is 1. The van der Waals surface area contributed by atoms with Crippen LogP contribution in [0.25, 0.3) is 0 Å². The molecule has 0 atom stereocenters. The van der Waals surface area contributed by atoms with Gasteiger partial charge < -0.3 is 14.8 Å². The topological polar surface area (TPSA) is 93.7 Å². The molecule has 7 nitrogen and oxygen atoms in total. The van der Waals surface area contributed by atoms with Crippen LogP contribution in [0.3, 0.4) is 0 Å². The smallest absolute Gasteiger partial charge is 0.240 e. The molecule has 2 aromatic carbocycles. The van der Waals surface area contributed by atoms with Crippen molar-refractivity contribution < 1.29 is 22.7 Å². The molecule has 0 aromatic heterocycles. The van der Waals surface area contributed by atoms with Gasteiger partial charge in [-0.1, -0.05) is 6.07 Å². The zero-order valence-corrected chi connectivity index (χ0v) is 16.6. The van der Waals surface area contributed by atoms with Crippen LogP contribution in [0.15, 0.2) is 41.3 Å². The van der Waals surface area contributed by atoms with Crippen LogP contribution in [0, 0.1) is 13.8 Å². The number of rotatable bonds is 8. The predicted octanol–water partition coefficient (Wildman–Crippen LogP) is 2.63. The minimum Gasteiger partial charge on any atom is -0.495 e. The molecule has 0 spiro atoms. The number of aryl methyl sites for hydroxylation is 2. The molecule has 0 radical (unpaired) electrons. The van der Waals surface area contributed by atoms with E-state index in [0.29, 0.717) is 17.2 Å². The molecule has 0 fully saturated rings. The van der Waals surface area contributed by atoms with E-state index in [1.54, 1.807) is 0 Å². The van der Waals surface area contributed by atoms with Gasteiger partial charge in [-0.3, -0.25) is 4.79 Å². The molecule has 1 amide bonds. The van der Waals surface area contributed by atoms with Crippen molar-refractivity contribution in [2.45, 2.75) is 25.7 Å². The van der Waals surface area contributed by atoms with Crippen LogP contribution < -0.4 is 19.5 Å². The molecule has 0 unspecified atom stereocenters. The highest BCUT2D eigenvalue weighted by Crippen LogP contribution is 2.27. The van der Waals surface area contributed by atoms with Crippen molar-refractivity contribution in [1.29, 1.82) is 0 Å². The van der Waals surface area contributed by atoms with Crippen molar-refractivity contribution in [2.24, 2.45) is 0 Å². The van der Waals surface area contributed by atoms with Crippen molar-refractivity contribution in [3.63, 3.8) is 0 Å². The summed E-state index contributed by atoms with van der Waals surface area (Å²) in [6.07, 6.45) is 0. The van der Waals surface area contributed by atoms with Gasteiger partial charge >= 0.3 is 0 Å². The van der Waals surface area contributed by atoms with Crippen molar-refractivity contribution in [1.82, 2.24) is 4.72 Å². The van der Waals surface area contributed by atoms with E-state index in [9.17, 15) is 13.2 Å². The van der Waals surface area contributed by atoms with Crippen LogP contribution >= 0.6 is 0 Å². The highest BCUT2D eigenvalue weighted by atomic mass is 32.2. The summed E-state index contributed by atoms with van der Waals surface area (Å²) in [5.74, 6) is 0.754. The Kier molecular flexibility index (Phi) is 6.81. The van der Waals surface area contributed by atoms with Crippen LogP contribution in [0.2, 0.25) is 0 Å². The molecule has 0 saturated heterocycles. The Morgan fingerprint density at radius 3 is 2.33 bits per heavy atom. The molecule has 146 valence electrons. The first kappa shape index (κ1) is 20.7. The lowest BCUT2D eigenvalue weighted by molar-refractivity contribution is -0.114. The summed E-state index contributed by atoms with van der Waals surface area (Å²) in [4.78, 5) is 11.3. The monoisotopic (exact) mass is 392 g/mol. The normalized spacial score (nSPS) is 11.1.